The second-order valence-electron chi connectivity index (χ2n) is 3.12. The fourth-order valence-electron chi connectivity index (χ4n) is 1.30. The zero-order valence-electron chi connectivity index (χ0n) is 9.48. The average Bonchev–Trinajstić information content (AvgIpc) is 2.24. The molecule has 0 radical (unpaired) electrons. The Morgan fingerprint density at radius 2 is 1.75 bits per heavy atom. The predicted molar refractivity (Wildman–Crippen MR) is 65.1 cm³/mol. The van der Waals surface area contributed by atoms with Gasteiger partial charge in [-0.2, -0.15) is 16.8 Å². The third-order valence-corrected chi connectivity index (χ3v) is 4.65. The normalized spacial score (nSPS) is 11.3. The maximum Gasteiger partial charge on any atom is 0.448 e. The van der Waals surface area contributed by atoms with Crippen molar-refractivity contribution in [3.8, 4) is 5.75 Å². The topological polar surface area (TPSA) is 146 Å². The van der Waals surface area contributed by atoms with Crippen molar-refractivity contribution in [2.75, 3.05) is 7.11 Å². The van der Waals surface area contributed by atoms with Crippen LogP contribution in [0, 0.1) is 5.39 Å². The van der Waals surface area contributed by atoms with Gasteiger partial charge in [-0.1, -0.05) is 0 Å². The molecule has 0 saturated heterocycles. The number of hydrogen-bond donors (Lipinski definition) is 2. The van der Waals surface area contributed by atoms with Gasteiger partial charge >= 0.3 is 15.8 Å². The van der Waals surface area contributed by atoms with Crippen LogP contribution in [0.1, 0.15) is 0 Å². The summed E-state index contributed by atoms with van der Waals surface area (Å²) in [5, 5.41) is 8.75. The number of ether oxygens (including phenoxy) is 1. The molecule has 0 aliphatic heterocycles. The molecule has 13 heteroatoms. The maximum atomic E-state index is 11.2. The van der Waals surface area contributed by atoms with Crippen LogP contribution in [-0.2, 0) is 20.2 Å². The van der Waals surface area contributed by atoms with Crippen LogP contribution in [0.3, 0.4) is 0 Å². The van der Waals surface area contributed by atoms with Crippen molar-refractivity contribution in [2.45, 2.75) is 9.79 Å². The molecule has 1 rings (SSSR count). The second-order valence-corrected chi connectivity index (χ2v) is 6.72. The molecule has 112 valence electrons. The molecule has 0 atom stereocenters. The van der Waals surface area contributed by atoms with Crippen molar-refractivity contribution in [3.63, 3.8) is 0 Å². The Labute approximate surface area is 133 Å². The predicted octanol–water partition coefficient (Wildman–Crippen LogP) is -1.56. The molecule has 0 saturated carbocycles. The van der Waals surface area contributed by atoms with Gasteiger partial charge in [0.05, 0.1) is 7.11 Å². The number of rotatable bonds is 3. The van der Waals surface area contributed by atoms with Gasteiger partial charge in [0.2, 0.25) is 11.1 Å². The first-order valence-corrected chi connectivity index (χ1v) is 7.92. The minimum absolute atomic E-state index is 0. The van der Waals surface area contributed by atoms with Gasteiger partial charge in [-0.3, -0.25) is 9.11 Å². The van der Waals surface area contributed by atoms with Gasteiger partial charge in [0.1, 0.15) is 0 Å². The third kappa shape index (κ3) is 3.65. The van der Waals surface area contributed by atoms with Gasteiger partial charge in [0.15, 0.2) is 14.8 Å². The molecule has 1 aromatic rings. The summed E-state index contributed by atoms with van der Waals surface area (Å²) in [4.78, 5) is 0.828. The van der Waals surface area contributed by atoms with Crippen LogP contribution in [0.25, 0.3) is 4.98 Å². The average molecular weight is 454 g/mol. The molecule has 2 N–H and O–H groups in total. The standard InChI is InChI=1S/C7H5BrN2O7S2.BrH/c1-17-6-5(10-9)4(18(11,12)13)2-3(8)7(6)19(14,15)16;/h2H,1H3,(H-,11,12,13,14,15,16);1H. The minimum Gasteiger partial charge on any atom is -1.00 e. The van der Waals surface area contributed by atoms with Gasteiger partial charge in [-0.05, 0) is 22.0 Å². The molecule has 1 aromatic carbocycles. The molecule has 0 aromatic heterocycles. The lowest BCUT2D eigenvalue weighted by Crippen LogP contribution is -3.00. The van der Waals surface area contributed by atoms with Gasteiger partial charge in [0.25, 0.3) is 10.1 Å². The van der Waals surface area contributed by atoms with Crippen LogP contribution in [0.15, 0.2) is 20.3 Å². The summed E-state index contributed by atoms with van der Waals surface area (Å²) in [6.07, 6.45) is 0. The number of hydrogen-bond acceptors (Lipinski definition) is 6. The summed E-state index contributed by atoms with van der Waals surface area (Å²) in [6.45, 7) is 0. The Morgan fingerprint density at radius 3 is 2.05 bits per heavy atom. The largest absolute Gasteiger partial charge is 1.00 e. The monoisotopic (exact) mass is 452 g/mol. The van der Waals surface area contributed by atoms with E-state index in [1.807, 2.05) is 0 Å². The quantitative estimate of drug-likeness (QED) is 0.412. The first-order valence-electron chi connectivity index (χ1n) is 4.24. The van der Waals surface area contributed by atoms with E-state index in [4.69, 9.17) is 14.5 Å². The number of methoxy groups -OCH3 is 1. The lowest BCUT2D eigenvalue weighted by Gasteiger charge is -2.07. The summed E-state index contributed by atoms with van der Waals surface area (Å²) < 4.78 is 66.7. The van der Waals surface area contributed by atoms with Crippen molar-refractivity contribution < 1.29 is 47.7 Å². The molecule has 20 heavy (non-hydrogen) atoms. The molecule has 0 aliphatic rings. The summed E-state index contributed by atoms with van der Waals surface area (Å²) in [6, 6.07) is 0.649. The Bertz CT molecular complexity index is 782. The van der Waals surface area contributed by atoms with Gasteiger partial charge in [0, 0.05) is 4.47 Å². The van der Waals surface area contributed by atoms with E-state index in [2.05, 4.69) is 25.6 Å². The van der Waals surface area contributed by atoms with E-state index in [-0.39, 0.29) is 17.0 Å². The van der Waals surface area contributed by atoms with Crippen molar-refractivity contribution in [3.05, 3.63) is 15.5 Å². The van der Waals surface area contributed by atoms with Crippen LogP contribution in [0.5, 0.6) is 5.75 Å². The fraction of sp³-hybridized carbons (Fsp3) is 0.143. The zero-order chi connectivity index (χ0) is 15.0. The van der Waals surface area contributed by atoms with E-state index >= 15 is 0 Å². The molecule has 9 nitrogen and oxygen atoms in total. The van der Waals surface area contributed by atoms with Gasteiger partial charge in [-0.15, -0.1) is 0 Å². The number of halogens is 2. The summed E-state index contributed by atoms with van der Waals surface area (Å²) in [5.41, 5.74) is -0.860. The molecular weight excluding hydrogens is 448 g/mol. The highest BCUT2D eigenvalue weighted by atomic mass is 79.9. The van der Waals surface area contributed by atoms with Crippen molar-refractivity contribution in [1.29, 1.82) is 5.39 Å². The van der Waals surface area contributed by atoms with E-state index < -0.39 is 45.9 Å². The smallest absolute Gasteiger partial charge is 0.448 e. The molecule has 0 spiro atoms. The van der Waals surface area contributed by atoms with E-state index in [0.717, 1.165) is 7.11 Å². The van der Waals surface area contributed by atoms with Crippen LogP contribution in [-0.4, -0.2) is 33.1 Å². The Balaban J connectivity index is 0.00000361. The lowest BCUT2D eigenvalue weighted by molar-refractivity contribution is -0.0000126. The highest BCUT2D eigenvalue weighted by Gasteiger charge is 2.37. The third-order valence-electron chi connectivity index (χ3n) is 1.97. The van der Waals surface area contributed by atoms with Crippen molar-refractivity contribution in [2.24, 2.45) is 0 Å². The van der Waals surface area contributed by atoms with Gasteiger partial charge in [-0.25, -0.2) is 0 Å². The Morgan fingerprint density at radius 1 is 1.25 bits per heavy atom. The minimum atomic E-state index is -4.80. The molecule has 0 amide bonds. The SMILES string of the molecule is COc1c([N+]#N)c(S(=O)(=O)O)cc(Br)c1S(=O)(=O)O.[Br-]. The summed E-state index contributed by atoms with van der Waals surface area (Å²) in [7, 11) is -8.64. The molecule has 0 fully saturated rings. The van der Waals surface area contributed by atoms with Crippen molar-refractivity contribution >= 4 is 41.9 Å². The van der Waals surface area contributed by atoms with E-state index in [0.29, 0.717) is 6.07 Å². The van der Waals surface area contributed by atoms with E-state index in [1.54, 1.807) is 0 Å². The number of diazo groups is 1. The first-order chi connectivity index (χ1) is 8.54. The highest BCUT2D eigenvalue weighted by molar-refractivity contribution is 9.10. The Hall–Kier alpha value is -0.780. The van der Waals surface area contributed by atoms with E-state index in [1.165, 1.54) is 0 Å². The van der Waals surface area contributed by atoms with Crippen LogP contribution in [0.2, 0.25) is 0 Å². The Kier molecular flexibility index (Phi) is 6.08. The highest BCUT2D eigenvalue weighted by Crippen LogP contribution is 2.43. The fourth-order valence-corrected chi connectivity index (χ4v) is 3.84. The number of nitrogens with zero attached hydrogens (tertiary/aromatic N) is 2. The molecule has 0 heterocycles. The van der Waals surface area contributed by atoms with Crippen LogP contribution < -0.4 is 21.7 Å². The molecule has 0 aliphatic carbocycles. The first kappa shape index (κ1) is 19.2. The van der Waals surface area contributed by atoms with Gasteiger partial charge < -0.3 is 21.7 Å². The van der Waals surface area contributed by atoms with Crippen LogP contribution in [0.4, 0.5) is 5.69 Å². The second kappa shape index (κ2) is 6.33. The molecule has 0 unspecified atom stereocenters. The van der Waals surface area contributed by atoms with E-state index in [9.17, 15) is 16.8 Å². The maximum absolute atomic E-state index is 11.2. The van der Waals surface area contributed by atoms with Crippen molar-refractivity contribution in [1.82, 2.24) is 0 Å². The molecular formula is C7H6Br2N2O7S2. The zero-order valence-corrected chi connectivity index (χ0v) is 14.3. The summed E-state index contributed by atoms with van der Waals surface area (Å²) in [5.74, 6) is -0.744. The molecule has 0 bridgehead atoms. The number of benzene rings is 1. The van der Waals surface area contributed by atoms with Crippen LogP contribution >= 0.6 is 15.9 Å². The lowest BCUT2D eigenvalue weighted by atomic mass is 10.3. The summed E-state index contributed by atoms with van der Waals surface area (Å²) >= 11 is 2.71.